The Morgan fingerprint density at radius 1 is 1.47 bits per heavy atom. The van der Waals surface area contributed by atoms with Gasteiger partial charge in [-0.2, -0.15) is 0 Å². The molecule has 5 nitrogen and oxygen atoms in total. The summed E-state index contributed by atoms with van der Waals surface area (Å²) in [5, 5.41) is 3.36. The molecule has 3 heterocycles. The van der Waals surface area contributed by atoms with Crippen molar-refractivity contribution >= 4 is 0 Å². The topological polar surface area (TPSA) is 47.7 Å². The van der Waals surface area contributed by atoms with Gasteiger partial charge in [0.25, 0.3) is 0 Å². The van der Waals surface area contributed by atoms with Crippen LogP contribution in [0.3, 0.4) is 0 Å². The molecule has 0 atom stereocenters. The number of aromatic nitrogens is 4. The highest BCUT2D eigenvalue weighted by atomic mass is 15.2. The molecule has 0 bridgehead atoms. The van der Waals surface area contributed by atoms with Crippen LogP contribution in [0.1, 0.15) is 23.0 Å². The van der Waals surface area contributed by atoms with Gasteiger partial charge in [0.05, 0.1) is 12.2 Å². The lowest BCUT2D eigenvalue weighted by Crippen LogP contribution is -2.25. The van der Waals surface area contributed by atoms with Crippen LogP contribution in [0.5, 0.6) is 0 Å². The number of hydrogen-bond acceptors (Lipinski definition) is 3. The Labute approximate surface area is 100 Å². The van der Waals surface area contributed by atoms with Crippen LogP contribution in [0.25, 0.3) is 0 Å². The predicted molar refractivity (Wildman–Crippen MR) is 64.7 cm³/mol. The quantitative estimate of drug-likeness (QED) is 0.824. The molecule has 0 unspecified atom stereocenters. The van der Waals surface area contributed by atoms with E-state index in [1.54, 1.807) is 0 Å². The van der Waals surface area contributed by atoms with E-state index in [1.807, 2.05) is 19.4 Å². The van der Waals surface area contributed by atoms with Gasteiger partial charge in [-0.3, -0.25) is 0 Å². The van der Waals surface area contributed by atoms with Crippen molar-refractivity contribution in [3.05, 3.63) is 35.4 Å². The summed E-state index contributed by atoms with van der Waals surface area (Å²) in [5.41, 5.74) is 2.56. The van der Waals surface area contributed by atoms with Crippen LogP contribution in [0.4, 0.5) is 0 Å². The first-order valence-electron chi connectivity index (χ1n) is 5.97. The summed E-state index contributed by atoms with van der Waals surface area (Å²) in [6.45, 7) is 4.82. The van der Waals surface area contributed by atoms with Crippen LogP contribution in [0.15, 0.2) is 12.4 Å². The minimum atomic E-state index is 0.817. The maximum atomic E-state index is 4.62. The van der Waals surface area contributed by atoms with Crippen molar-refractivity contribution in [1.82, 2.24) is 24.4 Å². The highest BCUT2D eigenvalue weighted by Crippen LogP contribution is 2.16. The molecule has 1 aliphatic rings. The maximum absolute atomic E-state index is 4.62. The van der Waals surface area contributed by atoms with Crippen molar-refractivity contribution in [3.8, 4) is 0 Å². The molecule has 0 fully saturated rings. The van der Waals surface area contributed by atoms with Gasteiger partial charge in [-0.25, -0.2) is 9.97 Å². The molecular formula is C12H17N5. The molecule has 17 heavy (non-hydrogen) atoms. The highest BCUT2D eigenvalue weighted by Gasteiger charge is 2.18. The first-order valence-corrected chi connectivity index (χ1v) is 5.97. The Morgan fingerprint density at radius 3 is 3.12 bits per heavy atom. The van der Waals surface area contributed by atoms with Gasteiger partial charge in [-0.1, -0.05) is 0 Å². The van der Waals surface area contributed by atoms with Gasteiger partial charge < -0.3 is 14.5 Å². The number of hydrogen-bond donors (Lipinski definition) is 1. The van der Waals surface area contributed by atoms with Gasteiger partial charge >= 0.3 is 0 Å². The van der Waals surface area contributed by atoms with E-state index in [4.69, 9.17) is 0 Å². The number of nitrogens with one attached hydrogen (secondary N) is 1. The van der Waals surface area contributed by atoms with Crippen molar-refractivity contribution < 1.29 is 0 Å². The lowest BCUT2D eigenvalue weighted by molar-refractivity contribution is 0.589. The van der Waals surface area contributed by atoms with E-state index in [2.05, 4.69) is 31.3 Å². The molecule has 0 aliphatic carbocycles. The Kier molecular flexibility index (Phi) is 2.48. The number of rotatable bonds is 2. The van der Waals surface area contributed by atoms with Gasteiger partial charge in [-0.05, 0) is 6.92 Å². The molecule has 5 heteroatoms. The molecule has 90 valence electrons. The Hall–Kier alpha value is -1.62. The Morgan fingerprint density at radius 2 is 2.35 bits per heavy atom. The zero-order valence-electron chi connectivity index (χ0n) is 10.3. The highest BCUT2D eigenvalue weighted by molar-refractivity contribution is 5.20. The standard InChI is InChI=1S/C12H17N5/c1-9-15-10-7-13-4-3-11(10)17(9)8-12-14-5-6-16(12)2/h5-6,13H,3-4,7-8H2,1-2H3. The SMILES string of the molecule is Cc1nc2c(n1Cc1nccn1C)CCNC2. The summed E-state index contributed by atoms with van der Waals surface area (Å²) in [6, 6.07) is 0. The van der Waals surface area contributed by atoms with Crippen LogP contribution >= 0.6 is 0 Å². The monoisotopic (exact) mass is 231 g/mol. The summed E-state index contributed by atoms with van der Waals surface area (Å²) in [4.78, 5) is 9.00. The van der Waals surface area contributed by atoms with E-state index in [0.29, 0.717) is 0 Å². The van der Waals surface area contributed by atoms with E-state index in [9.17, 15) is 0 Å². The predicted octanol–water partition coefficient (Wildman–Crippen LogP) is 0.619. The van der Waals surface area contributed by atoms with E-state index in [-0.39, 0.29) is 0 Å². The lowest BCUT2D eigenvalue weighted by atomic mass is 10.2. The van der Waals surface area contributed by atoms with Crippen LogP contribution in [-0.4, -0.2) is 25.6 Å². The molecule has 2 aromatic heterocycles. The van der Waals surface area contributed by atoms with Gasteiger partial charge in [0, 0.05) is 44.6 Å². The molecular weight excluding hydrogens is 214 g/mol. The molecule has 1 aliphatic heterocycles. The summed E-state index contributed by atoms with van der Waals surface area (Å²) in [5.74, 6) is 2.16. The molecule has 0 amide bonds. The molecule has 0 saturated carbocycles. The molecule has 3 rings (SSSR count). The normalized spacial score (nSPS) is 14.9. The second-order valence-corrected chi connectivity index (χ2v) is 4.52. The van der Waals surface area contributed by atoms with E-state index in [1.165, 1.54) is 11.4 Å². The number of aryl methyl sites for hydroxylation is 2. The van der Waals surface area contributed by atoms with Crippen LogP contribution < -0.4 is 5.32 Å². The summed E-state index contributed by atoms with van der Waals surface area (Å²) in [7, 11) is 2.03. The third kappa shape index (κ3) is 1.76. The van der Waals surface area contributed by atoms with Crippen molar-refractivity contribution in [2.24, 2.45) is 7.05 Å². The third-order valence-corrected chi connectivity index (χ3v) is 3.40. The fourth-order valence-corrected chi connectivity index (χ4v) is 2.41. The van der Waals surface area contributed by atoms with E-state index >= 15 is 0 Å². The summed E-state index contributed by atoms with van der Waals surface area (Å²) in [6.07, 6.45) is 4.88. The second kappa shape index (κ2) is 4.00. The number of fused-ring (bicyclic) bond motifs is 1. The van der Waals surface area contributed by atoms with Gasteiger partial charge in [-0.15, -0.1) is 0 Å². The summed E-state index contributed by atoms with van der Waals surface area (Å²) >= 11 is 0. The zero-order valence-corrected chi connectivity index (χ0v) is 10.3. The minimum Gasteiger partial charge on any atom is -0.337 e. The van der Waals surface area contributed by atoms with E-state index in [0.717, 1.165) is 37.7 Å². The molecule has 0 aromatic carbocycles. The first-order chi connectivity index (χ1) is 8.25. The molecule has 1 N–H and O–H groups in total. The minimum absolute atomic E-state index is 0.817. The maximum Gasteiger partial charge on any atom is 0.128 e. The second-order valence-electron chi connectivity index (χ2n) is 4.52. The van der Waals surface area contributed by atoms with Crippen molar-refractivity contribution in [2.45, 2.75) is 26.4 Å². The van der Waals surface area contributed by atoms with E-state index < -0.39 is 0 Å². The van der Waals surface area contributed by atoms with Crippen molar-refractivity contribution in [2.75, 3.05) is 6.54 Å². The van der Waals surface area contributed by atoms with Gasteiger partial charge in [0.1, 0.15) is 11.6 Å². The average Bonchev–Trinajstić information content (AvgIpc) is 2.85. The number of nitrogens with zero attached hydrogens (tertiary/aromatic N) is 4. The first kappa shape index (κ1) is 10.5. The molecule has 0 saturated heterocycles. The third-order valence-electron chi connectivity index (χ3n) is 3.40. The van der Waals surface area contributed by atoms with Gasteiger partial charge in [0.2, 0.25) is 0 Å². The van der Waals surface area contributed by atoms with Crippen molar-refractivity contribution in [3.63, 3.8) is 0 Å². The molecule has 2 aromatic rings. The van der Waals surface area contributed by atoms with Crippen LogP contribution in [-0.2, 0) is 26.6 Å². The smallest absolute Gasteiger partial charge is 0.128 e. The fourth-order valence-electron chi connectivity index (χ4n) is 2.41. The summed E-state index contributed by atoms with van der Waals surface area (Å²) < 4.78 is 4.35. The fraction of sp³-hybridized carbons (Fsp3) is 0.500. The van der Waals surface area contributed by atoms with Crippen LogP contribution in [0.2, 0.25) is 0 Å². The largest absolute Gasteiger partial charge is 0.337 e. The lowest BCUT2D eigenvalue weighted by Gasteiger charge is -2.15. The molecule has 0 spiro atoms. The Bertz CT molecular complexity index is 537. The zero-order chi connectivity index (χ0) is 11.8. The average molecular weight is 231 g/mol. The number of imidazole rings is 2. The van der Waals surface area contributed by atoms with Gasteiger partial charge in [0.15, 0.2) is 0 Å². The van der Waals surface area contributed by atoms with Crippen molar-refractivity contribution in [1.29, 1.82) is 0 Å². The van der Waals surface area contributed by atoms with Crippen LogP contribution in [0, 0.1) is 6.92 Å². The Balaban J connectivity index is 1.98. The molecule has 0 radical (unpaired) electrons.